The molecular weight excluding hydrogens is 418 g/mol. The van der Waals surface area contributed by atoms with Crippen LogP contribution in [0.15, 0.2) is 36.4 Å². The lowest BCUT2D eigenvalue weighted by molar-refractivity contribution is -0.128. The predicted octanol–water partition coefficient (Wildman–Crippen LogP) is 2.27. The Kier molecular flexibility index (Phi) is 6.02. The van der Waals surface area contributed by atoms with Crippen LogP contribution in [0, 0.1) is 0 Å². The van der Waals surface area contributed by atoms with Gasteiger partial charge in [-0.25, -0.2) is 4.79 Å². The molecule has 32 heavy (non-hydrogen) atoms. The lowest BCUT2D eigenvalue weighted by Gasteiger charge is -2.14. The fraction of sp³-hybridized carbons (Fsp3) is 0.318. The summed E-state index contributed by atoms with van der Waals surface area (Å²) in [4.78, 5) is 38.5. The summed E-state index contributed by atoms with van der Waals surface area (Å²) < 4.78 is 21.0. The highest BCUT2D eigenvalue weighted by atomic mass is 16.7. The molecule has 0 aromatic heterocycles. The highest BCUT2D eigenvalue weighted by Gasteiger charge is 2.38. The predicted molar refractivity (Wildman–Crippen MR) is 113 cm³/mol. The second-order valence-electron chi connectivity index (χ2n) is 7.27. The van der Waals surface area contributed by atoms with Crippen LogP contribution in [0.25, 0.3) is 0 Å². The average Bonchev–Trinajstić information content (AvgIpc) is 3.37. The van der Waals surface area contributed by atoms with Crippen LogP contribution in [-0.4, -0.2) is 49.8 Å². The molecule has 1 fully saturated rings. The third-order valence-electron chi connectivity index (χ3n) is 5.21. The zero-order valence-corrected chi connectivity index (χ0v) is 17.7. The van der Waals surface area contributed by atoms with Crippen LogP contribution >= 0.6 is 0 Å². The number of nitrogens with one attached hydrogen (secondary N) is 2. The zero-order chi connectivity index (χ0) is 22.7. The Morgan fingerprint density at radius 3 is 2.66 bits per heavy atom. The number of anilines is 1. The maximum absolute atomic E-state index is 12.7. The number of amides is 4. The molecule has 4 rings (SSSR count). The molecular formula is C22H23N3O7. The third-order valence-corrected chi connectivity index (χ3v) is 5.21. The molecule has 2 aliphatic heterocycles. The normalized spacial score (nSPS) is 16.7. The molecule has 2 aromatic carbocycles. The minimum Gasteiger partial charge on any atom is -0.493 e. The van der Waals surface area contributed by atoms with E-state index in [1.54, 1.807) is 36.4 Å². The van der Waals surface area contributed by atoms with E-state index in [-0.39, 0.29) is 38.0 Å². The van der Waals surface area contributed by atoms with Gasteiger partial charge in [0.25, 0.3) is 5.91 Å². The molecule has 1 atom stereocenters. The Bertz CT molecular complexity index is 1060. The van der Waals surface area contributed by atoms with Crippen molar-refractivity contribution in [1.82, 2.24) is 10.2 Å². The first-order valence-corrected chi connectivity index (χ1v) is 10.0. The first kappa shape index (κ1) is 21.3. The molecule has 1 unspecified atom stereocenters. The van der Waals surface area contributed by atoms with E-state index in [1.165, 1.54) is 14.2 Å². The topological polar surface area (TPSA) is 115 Å². The van der Waals surface area contributed by atoms with Crippen molar-refractivity contribution < 1.29 is 33.3 Å². The van der Waals surface area contributed by atoms with Crippen molar-refractivity contribution in [2.45, 2.75) is 25.4 Å². The Morgan fingerprint density at radius 2 is 1.88 bits per heavy atom. The van der Waals surface area contributed by atoms with E-state index >= 15 is 0 Å². The largest absolute Gasteiger partial charge is 0.493 e. The number of hydrogen-bond acceptors (Lipinski definition) is 7. The molecule has 0 bridgehead atoms. The Morgan fingerprint density at radius 1 is 1.09 bits per heavy atom. The first-order valence-electron chi connectivity index (χ1n) is 10.0. The van der Waals surface area contributed by atoms with E-state index in [2.05, 4.69) is 10.6 Å². The minimum absolute atomic E-state index is 0.0584. The molecule has 168 valence electrons. The Labute approximate surface area is 184 Å². The monoisotopic (exact) mass is 441 g/mol. The number of methoxy groups -OCH3 is 2. The van der Waals surface area contributed by atoms with Gasteiger partial charge in [-0.05, 0) is 36.2 Å². The number of urea groups is 1. The second kappa shape index (κ2) is 9.04. The fourth-order valence-electron chi connectivity index (χ4n) is 3.56. The number of rotatable bonds is 8. The summed E-state index contributed by atoms with van der Waals surface area (Å²) in [6, 6.07) is 9.03. The molecule has 1 saturated heterocycles. The van der Waals surface area contributed by atoms with Crippen LogP contribution in [0.1, 0.15) is 18.4 Å². The van der Waals surface area contributed by atoms with E-state index in [9.17, 15) is 14.4 Å². The van der Waals surface area contributed by atoms with Crippen LogP contribution in [0.4, 0.5) is 10.5 Å². The summed E-state index contributed by atoms with van der Waals surface area (Å²) in [6.07, 6.45) is 0.240. The van der Waals surface area contributed by atoms with Gasteiger partial charge < -0.3 is 29.6 Å². The Hall–Kier alpha value is -3.95. The summed E-state index contributed by atoms with van der Waals surface area (Å²) in [5, 5.41) is 5.40. The van der Waals surface area contributed by atoms with Crippen molar-refractivity contribution in [3.63, 3.8) is 0 Å². The molecule has 2 N–H and O–H groups in total. The van der Waals surface area contributed by atoms with Crippen LogP contribution in [0.3, 0.4) is 0 Å². The SMILES string of the molecule is COc1ccc(NC(=O)CCC2NC(=O)N(Cc3ccc4c(c3)OCO4)C2=O)cc1OC. The number of carbonyl (C=O) groups excluding carboxylic acids is 3. The van der Waals surface area contributed by atoms with Crippen molar-refractivity contribution in [1.29, 1.82) is 0 Å². The van der Waals surface area contributed by atoms with Crippen molar-refractivity contribution in [2.75, 3.05) is 26.3 Å². The molecule has 0 aliphatic carbocycles. The zero-order valence-electron chi connectivity index (χ0n) is 17.7. The van der Waals surface area contributed by atoms with Gasteiger partial charge in [0.05, 0.1) is 20.8 Å². The molecule has 2 aliphatic rings. The van der Waals surface area contributed by atoms with Crippen LogP contribution in [0.2, 0.25) is 0 Å². The number of nitrogens with zero attached hydrogens (tertiary/aromatic N) is 1. The van der Waals surface area contributed by atoms with Crippen LogP contribution in [0.5, 0.6) is 23.0 Å². The number of hydrogen-bond donors (Lipinski definition) is 2. The summed E-state index contributed by atoms with van der Waals surface area (Å²) in [6.45, 7) is 0.255. The molecule has 0 radical (unpaired) electrons. The van der Waals surface area contributed by atoms with Gasteiger partial charge in [-0.1, -0.05) is 6.07 Å². The summed E-state index contributed by atoms with van der Waals surface area (Å²) in [5.41, 5.74) is 1.28. The smallest absolute Gasteiger partial charge is 0.325 e. The lowest BCUT2D eigenvalue weighted by atomic mass is 10.1. The van der Waals surface area contributed by atoms with Crippen LogP contribution < -0.4 is 29.6 Å². The Balaban J connectivity index is 1.32. The molecule has 4 amide bonds. The van der Waals surface area contributed by atoms with Gasteiger partial charge >= 0.3 is 6.03 Å². The fourth-order valence-corrected chi connectivity index (χ4v) is 3.56. The first-order chi connectivity index (χ1) is 15.5. The molecule has 10 heteroatoms. The van der Waals surface area contributed by atoms with Gasteiger partial charge in [-0.2, -0.15) is 0 Å². The number of carbonyl (C=O) groups is 3. The maximum Gasteiger partial charge on any atom is 0.325 e. The highest BCUT2D eigenvalue weighted by molar-refractivity contribution is 6.04. The highest BCUT2D eigenvalue weighted by Crippen LogP contribution is 2.33. The van der Waals surface area contributed by atoms with Gasteiger partial charge in [0.2, 0.25) is 12.7 Å². The van der Waals surface area contributed by atoms with E-state index in [0.29, 0.717) is 28.7 Å². The van der Waals surface area contributed by atoms with E-state index < -0.39 is 12.1 Å². The van der Waals surface area contributed by atoms with Gasteiger partial charge in [-0.15, -0.1) is 0 Å². The molecule has 2 aromatic rings. The van der Waals surface area contributed by atoms with Gasteiger partial charge in [0.1, 0.15) is 6.04 Å². The van der Waals surface area contributed by atoms with Gasteiger partial charge in [0, 0.05) is 18.2 Å². The molecule has 0 saturated carbocycles. The second-order valence-corrected chi connectivity index (χ2v) is 7.27. The maximum atomic E-state index is 12.7. The van der Waals surface area contributed by atoms with Crippen molar-refractivity contribution in [3.05, 3.63) is 42.0 Å². The third kappa shape index (κ3) is 4.39. The van der Waals surface area contributed by atoms with Crippen molar-refractivity contribution >= 4 is 23.5 Å². The quantitative estimate of drug-likeness (QED) is 0.604. The molecule has 2 heterocycles. The van der Waals surface area contributed by atoms with E-state index in [4.69, 9.17) is 18.9 Å². The summed E-state index contributed by atoms with van der Waals surface area (Å²) in [5.74, 6) is 1.59. The minimum atomic E-state index is -0.757. The average molecular weight is 441 g/mol. The van der Waals surface area contributed by atoms with Gasteiger partial charge in [-0.3, -0.25) is 14.5 Å². The molecule has 0 spiro atoms. The van der Waals surface area contributed by atoms with Gasteiger partial charge in [0.15, 0.2) is 23.0 Å². The molecule has 10 nitrogen and oxygen atoms in total. The van der Waals surface area contributed by atoms with Crippen LogP contribution in [-0.2, 0) is 16.1 Å². The number of ether oxygens (including phenoxy) is 4. The number of imide groups is 1. The van der Waals surface area contributed by atoms with Crippen molar-refractivity contribution in [3.8, 4) is 23.0 Å². The summed E-state index contributed by atoms with van der Waals surface area (Å²) >= 11 is 0. The number of benzene rings is 2. The van der Waals surface area contributed by atoms with E-state index in [1.807, 2.05) is 0 Å². The lowest BCUT2D eigenvalue weighted by Crippen LogP contribution is -2.31. The summed E-state index contributed by atoms with van der Waals surface area (Å²) in [7, 11) is 3.03. The number of fused-ring (bicyclic) bond motifs is 1. The van der Waals surface area contributed by atoms with E-state index in [0.717, 1.165) is 10.5 Å². The van der Waals surface area contributed by atoms with Crippen molar-refractivity contribution in [2.24, 2.45) is 0 Å². The standard InChI is InChI=1S/C22H23N3O7/c1-29-16-7-4-14(10-18(16)30-2)23-20(26)8-5-15-21(27)25(22(28)24-15)11-13-3-6-17-19(9-13)32-12-31-17/h3-4,6-7,9-10,15H,5,8,11-12H2,1-2H3,(H,23,26)(H,24,28).